The molecule has 0 aromatic rings. The van der Waals surface area contributed by atoms with Gasteiger partial charge in [-0.15, -0.1) is 0 Å². The molecule has 0 aliphatic carbocycles. The maximum absolute atomic E-state index is 12.3. The molecule has 1 unspecified atom stereocenters. The Morgan fingerprint density at radius 1 is 1.17 bits per heavy atom. The fourth-order valence-corrected chi connectivity index (χ4v) is 2.68. The van der Waals surface area contributed by atoms with Gasteiger partial charge in [-0.1, -0.05) is 39.5 Å². The summed E-state index contributed by atoms with van der Waals surface area (Å²) in [5.41, 5.74) is 0. The Morgan fingerprint density at radius 3 is 2.56 bits per heavy atom. The molecule has 0 aromatic carbocycles. The molecule has 0 aromatic heterocycles. The van der Waals surface area contributed by atoms with Gasteiger partial charge < -0.3 is 10.2 Å². The summed E-state index contributed by atoms with van der Waals surface area (Å²) in [5.74, 6) is 0.377. The molecule has 1 aliphatic heterocycles. The van der Waals surface area contributed by atoms with E-state index in [0.717, 1.165) is 45.3 Å². The Kier molecular flexibility index (Phi) is 8.06. The molecule has 1 saturated heterocycles. The summed E-state index contributed by atoms with van der Waals surface area (Å²) < 4.78 is 0. The number of nitrogens with one attached hydrogen (secondary N) is 1. The van der Waals surface area contributed by atoms with Crippen LogP contribution < -0.4 is 5.32 Å². The van der Waals surface area contributed by atoms with Gasteiger partial charge in [0.15, 0.2) is 0 Å². The van der Waals surface area contributed by atoms with Crippen molar-refractivity contribution < 1.29 is 4.79 Å². The fraction of sp³-hybridized carbons (Fsp3) is 0.933. The van der Waals surface area contributed by atoms with Gasteiger partial charge >= 0.3 is 0 Å². The Labute approximate surface area is 112 Å². The zero-order chi connectivity index (χ0) is 13.2. The number of carbonyl (C=O) groups is 1. The van der Waals surface area contributed by atoms with Gasteiger partial charge in [-0.25, -0.2) is 0 Å². The molecule has 0 saturated carbocycles. The van der Waals surface area contributed by atoms with Crippen LogP contribution in [0.1, 0.15) is 65.2 Å². The van der Waals surface area contributed by atoms with Gasteiger partial charge in [-0.2, -0.15) is 0 Å². The second kappa shape index (κ2) is 9.37. The fourth-order valence-electron chi connectivity index (χ4n) is 2.68. The standard InChI is InChI=1S/C15H30N2O/c1-3-5-6-7-8-9-15(18)17(12-4-2)14-10-11-16-13-14/h14,16H,3-13H2,1-2H3. The van der Waals surface area contributed by atoms with E-state index in [4.69, 9.17) is 0 Å². The van der Waals surface area contributed by atoms with Crippen LogP contribution in [0.25, 0.3) is 0 Å². The van der Waals surface area contributed by atoms with Gasteiger partial charge in [-0.3, -0.25) is 4.79 Å². The molecular weight excluding hydrogens is 224 g/mol. The second-order valence-electron chi connectivity index (χ2n) is 5.40. The van der Waals surface area contributed by atoms with E-state index in [1.807, 2.05) is 0 Å². The number of nitrogens with zero attached hydrogens (tertiary/aromatic N) is 1. The van der Waals surface area contributed by atoms with Gasteiger partial charge in [0.2, 0.25) is 5.91 Å². The maximum Gasteiger partial charge on any atom is 0.222 e. The van der Waals surface area contributed by atoms with Crippen LogP contribution in [-0.2, 0) is 4.79 Å². The van der Waals surface area contributed by atoms with Crippen LogP contribution in [0.2, 0.25) is 0 Å². The summed E-state index contributed by atoms with van der Waals surface area (Å²) in [5, 5.41) is 3.36. The van der Waals surface area contributed by atoms with E-state index in [1.165, 1.54) is 25.7 Å². The number of carbonyl (C=O) groups excluding carboxylic acids is 1. The van der Waals surface area contributed by atoms with Crippen molar-refractivity contribution in [2.24, 2.45) is 0 Å². The average Bonchev–Trinajstić information content (AvgIpc) is 2.89. The van der Waals surface area contributed by atoms with Crippen LogP contribution in [-0.4, -0.2) is 36.5 Å². The second-order valence-corrected chi connectivity index (χ2v) is 5.40. The summed E-state index contributed by atoms with van der Waals surface area (Å²) in [7, 11) is 0. The first-order valence-corrected chi connectivity index (χ1v) is 7.79. The molecular formula is C15H30N2O. The highest BCUT2D eigenvalue weighted by molar-refractivity contribution is 5.76. The van der Waals surface area contributed by atoms with Crippen molar-refractivity contribution in [2.45, 2.75) is 71.3 Å². The molecule has 106 valence electrons. The quantitative estimate of drug-likeness (QED) is 0.642. The third-order valence-electron chi connectivity index (χ3n) is 3.75. The highest BCUT2D eigenvalue weighted by atomic mass is 16.2. The summed E-state index contributed by atoms with van der Waals surface area (Å²) in [6, 6.07) is 0.452. The smallest absolute Gasteiger partial charge is 0.222 e. The van der Waals surface area contributed by atoms with Crippen LogP contribution in [0.4, 0.5) is 0 Å². The van der Waals surface area contributed by atoms with E-state index < -0.39 is 0 Å². The first kappa shape index (κ1) is 15.5. The van der Waals surface area contributed by atoms with Crippen molar-refractivity contribution in [1.82, 2.24) is 10.2 Å². The van der Waals surface area contributed by atoms with E-state index in [1.54, 1.807) is 0 Å². The number of hydrogen-bond donors (Lipinski definition) is 1. The third kappa shape index (κ3) is 5.38. The lowest BCUT2D eigenvalue weighted by Crippen LogP contribution is -2.41. The van der Waals surface area contributed by atoms with E-state index in [2.05, 4.69) is 24.1 Å². The van der Waals surface area contributed by atoms with Crippen molar-refractivity contribution in [3.05, 3.63) is 0 Å². The van der Waals surface area contributed by atoms with Crippen LogP contribution in [0.15, 0.2) is 0 Å². The topological polar surface area (TPSA) is 32.3 Å². The monoisotopic (exact) mass is 254 g/mol. The minimum Gasteiger partial charge on any atom is -0.338 e. The molecule has 18 heavy (non-hydrogen) atoms. The molecule has 1 N–H and O–H groups in total. The number of rotatable bonds is 9. The number of amides is 1. The minimum atomic E-state index is 0.377. The lowest BCUT2D eigenvalue weighted by molar-refractivity contribution is -0.133. The Morgan fingerprint density at radius 2 is 1.94 bits per heavy atom. The van der Waals surface area contributed by atoms with Gasteiger partial charge in [0.1, 0.15) is 0 Å². The van der Waals surface area contributed by atoms with E-state index in [-0.39, 0.29) is 0 Å². The molecule has 0 spiro atoms. The van der Waals surface area contributed by atoms with Gasteiger partial charge in [0.05, 0.1) is 0 Å². The van der Waals surface area contributed by atoms with Gasteiger partial charge in [-0.05, 0) is 25.8 Å². The van der Waals surface area contributed by atoms with Crippen molar-refractivity contribution in [3.63, 3.8) is 0 Å². The molecule has 3 nitrogen and oxygen atoms in total. The van der Waals surface area contributed by atoms with E-state index in [0.29, 0.717) is 11.9 Å². The predicted octanol–water partition coefficient (Wildman–Crippen LogP) is 2.95. The normalized spacial score (nSPS) is 19.1. The molecule has 1 atom stereocenters. The maximum atomic E-state index is 12.3. The van der Waals surface area contributed by atoms with Crippen molar-refractivity contribution in [3.8, 4) is 0 Å². The average molecular weight is 254 g/mol. The van der Waals surface area contributed by atoms with Crippen LogP contribution in [0, 0.1) is 0 Å². The molecule has 1 amide bonds. The van der Waals surface area contributed by atoms with Crippen LogP contribution >= 0.6 is 0 Å². The lowest BCUT2D eigenvalue weighted by atomic mass is 10.1. The van der Waals surface area contributed by atoms with Crippen molar-refractivity contribution in [1.29, 1.82) is 0 Å². The Balaban J connectivity index is 2.25. The summed E-state index contributed by atoms with van der Waals surface area (Å²) in [4.78, 5) is 14.4. The number of unbranched alkanes of at least 4 members (excludes halogenated alkanes) is 4. The largest absolute Gasteiger partial charge is 0.338 e. The zero-order valence-corrected chi connectivity index (χ0v) is 12.2. The van der Waals surface area contributed by atoms with Crippen molar-refractivity contribution in [2.75, 3.05) is 19.6 Å². The highest BCUT2D eigenvalue weighted by Gasteiger charge is 2.25. The Bertz CT molecular complexity index is 225. The molecule has 1 fully saturated rings. The third-order valence-corrected chi connectivity index (χ3v) is 3.75. The van der Waals surface area contributed by atoms with E-state index in [9.17, 15) is 4.79 Å². The van der Waals surface area contributed by atoms with E-state index >= 15 is 0 Å². The molecule has 0 radical (unpaired) electrons. The molecule has 1 aliphatic rings. The molecule has 1 heterocycles. The predicted molar refractivity (Wildman–Crippen MR) is 76.7 cm³/mol. The van der Waals surface area contributed by atoms with Crippen LogP contribution in [0.3, 0.4) is 0 Å². The van der Waals surface area contributed by atoms with Crippen LogP contribution in [0.5, 0.6) is 0 Å². The first-order valence-electron chi connectivity index (χ1n) is 7.79. The van der Waals surface area contributed by atoms with Gasteiger partial charge in [0.25, 0.3) is 0 Å². The lowest BCUT2D eigenvalue weighted by Gasteiger charge is -2.28. The molecule has 0 bridgehead atoms. The Hall–Kier alpha value is -0.570. The van der Waals surface area contributed by atoms with Crippen molar-refractivity contribution >= 4 is 5.91 Å². The number of hydrogen-bond acceptors (Lipinski definition) is 2. The highest BCUT2D eigenvalue weighted by Crippen LogP contribution is 2.13. The zero-order valence-electron chi connectivity index (χ0n) is 12.2. The summed E-state index contributed by atoms with van der Waals surface area (Å²) >= 11 is 0. The minimum absolute atomic E-state index is 0.377. The first-order chi connectivity index (χ1) is 8.79. The van der Waals surface area contributed by atoms with Gasteiger partial charge in [0, 0.05) is 25.6 Å². The SMILES string of the molecule is CCCCCCCC(=O)N(CCC)C1CCNC1. The summed E-state index contributed by atoms with van der Waals surface area (Å²) in [6.07, 6.45) is 9.08. The molecule has 3 heteroatoms. The summed E-state index contributed by atoms with van der Waals surface area (Å²) in [6.45, 7) is 7.36. The molecule has 1 rings (SSSR count).